The quantitative estimate of drug-likeness (QED) is 0.158. The van der Waals surface area contributed by atoms with Crippen LogP contribution in [0.1, 0.15) is 0 Å². The average molecular weight is 783 g/mol. The summed E-state index contributed by atoms with van der Waals surface area (Å²) < 4.78 is 0. The highest BCUT2D eigenvalue weighted by Gasteiger charge is 2.31. The summed E-state index contributed by atoms with van der Waals surface area (Å²) in [4.78, 5) is 0. The molecule has 0 atom stereocenters. The summed E-state index contributed by atoms with van der Waals surface area (Å²) >= 11 is 0. The molecule has 286 valence electrons. The first kappa shape index (κ1) is 34.8. The topological polar surface area (TPSA) is 0 Å². The molecule has 0 radical (unpaired) electrons. The van der Waals surface area contributed by atoms with Gasteiger partial charge in [0, 0.05) is 0 Å². The first-order valence-electron chi connectivity index (χ1n) is 21.6. The third-order valence-electron chi connectivity index (χ3n) is 13.4. The Morgan fingerprint density at radius 3 is 1.11 bits per heavy atom. The molecule has 0 amide bonds. The lowest BCUT2D eigenvalue weighted by Crippen LogP contribution is -1.94. The van der Waals surface area contributed by atoms with Gasteiger partial charge in [-0.3, -0.25) is 0 Å². The second-order valence-electron chi connectivity index (χ2n) is 16.6. The van der Waals surface area contributed by atoms with Gasteiger partial charge in [-0.05, 0) is 139 Å². The van der Waals surface area contributed by atoms with Gasteiger partial charge in [-0.15, -0.1) is 0 Å². The third-order valence-corrected chi connectivity index (χ3v) is 13.4. The maximum absolute atomic E-state index is 2.46. The van der Waals surface area contributed by atoms with Crippen LogP contribution in [0, 0.1) is 0 Å². The van der Waals surface area contributed by atoms with E-state index in [1.54, 1.807) is 0 Å². The van der Waals surface area contributed by atoms with Crippen molar-refractivity contribution in [3.05, 3.63) is 231 Å². The zero-order valence-electron chi connectivity index (χ0n) is 33.9. The lowest BCUT2D eigenvalue weighted by molar-refractivity contribution is 1.56. The number of rotatable bonds is 6. The predicted molar refractivity (Wildman–Crippen MR) is 263 cm³/mol. The van der Waals surface area contributed by atoms with Gasteiger partial charge < -0.3 is 0 Å². The summed E-state index contributed by atoms with van der Waals surface area (Å²) in [5.74, 6) is 0. The highest BCUT2D eigenvalue weighted by molar-refractivity contribution is 6.24. The van der Waals surface area contributed by atoms with Crippen molar-refractivity contribution in [2.75, 3.05) is 0 Å². The van der Waals surface area contributed by atoms with Crippen LogP contribution in [0.4, 0.5) is 0 Å². The summed E-state index contributed by atoms with van der Waals surface area (Å²) in [7, 11) is 0. The van der Waals surface area contributed by atoms with Gasteiger partial charge in [0.15, 0.2) is 0 Å². The van der Waals surface area contributed by atoms with E-state index < -0.39 is 0 Å². The number of fused-ring (bicyclic) bond motifs is 6. The van der Waals surface area contributed by atoms with E-state index >= 15 is 0 Å². The Bertz CT molecular complexity index is 3490. The molecule has 2 aliphatic carbocycles. The summed E-state index contributed by atoms with van der Waals surface area (Å²) in [6.45, 7) is 0. The molecule has 0 saturated heterocycles. The van der Waals surface area contributed by atoms with Crippen molar-refractivity contribution in [1.29, 1.82) is 0 Å². The molecule has 11 aromatic carbocycles. The minimum Gasteiger partial charge on any atom is -0.0622 e. The highest BCUT2D eigenvalue weighted by atomic mass is 14.3. The zero-order valence-corrected chi connectivity index (χ0v) is 33.9. The lowest BCUT2D eigenvalue weighted by atomic mass is 9.82. The van der Waals surface area contributed by atoms with E-state index in [0.29, 0.717) is 0 Å². The molecule has 0 spiro atoms. The molecule has 0 heterocycles. The molecule has 11 aromatic rings. The normalized spacial score (nSPS) is 11.9. The van der Waals surface area contributed by atoms with Gasteiger partial charge in [0.05, 0.1) is 0 Å². The molecule has 0 bridgehead atoms. The Balaban J connectivity index is 1.01. The molecule has 0 aromatic heterocycles. The van der Waals surface area contributed by atoms with Crippen LogP contribution in [-0.4, -0.2) is 0 Å². The SMILES string of the molecule is c1ccc(-c2cc(-c3ccc(-c4ccc5c6c(cccc46)-c4c(-c6ccccc6)ccc(-c6ccccc6)c4-5)cc3)c(-c3ccccc3)c3c2-c2cccc4cccc-3c24)cc1. The number of hydrogen-bond donors (Lipinski definition) is 0. The van der Waals surface area contributed by atoms with E-state index in [1.165, 1.54) is 133 Å². The van der Waals surface area contributed by atoms with Gasteiger partial charge in [-0.2, -0.15) is 0 Å². The van der Waals surface area contributed by atoms with E-state index in [0.717, 1.165) is 0 Å². The highest BCUT2D eigenvalue weighted by Crippen LogP contribution is 2.58. The molecule has 62 heavy (non-hydrogen) atoms. The number of benzene rings is 11. The van der Waals surface area contributed by atoms with Crippen molar-refractivity contribution in [3.8, 4) is 111 Å². The smallest absolute Gasteiger partial charge is 0.000764 e. The third kappa shape index (κ3) is 5.14. The molecule has 0 unspecified atom stereocenters. The van der Waals surface area contributed by atoms with Gasteiger partial charge in [-0.1, -0.05) is 224 Å². The van der Waals surface area contributed by atoms with Crippen molar-refractivity contribution >= 4 is 21.5 Å². The first-order chi connectivity index (χ1) is 30.8. The average Bonchev–Trinajstić information content (AvgIpc) is 3.87. The molecule has 0 heteroatoms. The Kier molecular flexibility index (Phi) is 7.71. The molecule has 0 nitrogen and oxygen atoms in total. The summed E-state index contributed by atoms with van der Waals surface area (Å²) in [5.41, 5.74) is 25.4. The van der Waals surface area contributed by atoms with Crippen LogP contribution in [0.2, 0.25) is 0 Å². The van der Waals surface area contributed by atoms with Crippen molar-refractivity contribution in [3.63, 3.8) is 0 Å². The van der Waals surface area contributed by atoms with Crippen LogP contribution in [0.3, 0.4) is 0 Å². The summed E-state index contributed by atoms with van der Waals surface area (Å²) in [6.07, 6.45) is 0. The zero-order chi connectivity index (χ0) is 40.7. The second-order valence-corrected chi connectivity index (χ2v) is 16.6. The van der Waals surface area contributed by atoms with Gasteiger partial charge in [0.1, 0.15) is 0 Å². The predicted octanol–water partition coefficient (Wildman–Crippen LogP) is 17.3. The Morgan fingerprint density at radius 1 is 0.177 bits per heavy atom. The molecule has 0 N–H and O–H groups in total. The van der Waals surface area contributed by atoms with Crippen LogP contribution >= 0.6 is 0 Å². The largest absolute Gasteiger partial charge is 0.0622 e. The van der Waals surface area contributed by atoms with E-state index in [1.807, 2.05) is 0 Å². The molecule has 0 fully saturated rings. The second kappa shape index (κ2) is 13.7. The van der Waals surface area contributed by atoms with Gasteiger partial charge in [0.25, 0.3) is 0 Å². The minimum atomic E-state index is 1.20. The fourth-order valence-corrected chi connectivity index (χ4v) is 10.8. The van der Waals surface area contributed by atoms with Crippen LogP contribution < -0.4 is 0 Å². The lowest BCUT2D eigenvalue weighted by Gasteiger charge is -2.21. The molecular weight excluding hydrogens is 745 g/mol. The monoisotopic (exact) mass is 782 g/mol. The van der Waals surface area contributed by atoms with E-state index in [9.17, 15) is 0 Å². The molecule has 0 saturated carbocycles. The minimum absolute atomic E-state index is 1.20. The fraction of sp³-hybridized carbons (Fsp3) is 0. The van der Waals surface area contributed by atoms with Crippen molar-refractivity contribution in [1.82, 2.24) is 0 Å². The molecule has 0 aliphatic heterocycles. The van der Waals surface area contributed by atoms with Crippen molar-refractivity contribution in [2.45, 2.75) is 0 Å². The van der Waals surface area contributed by atoms with Crippen LogP contribution in [0.5, 0.6) is 0 Å². The number of hydrogen-bond acceptors (Lipinski definition) is 0. The van der Waals surface area contributed by atoms with Crippen LogP contribution in [0.15, 0.2) is 231 Å². The van der Waals surface area contributed by atoms with Crippen molar-refractivity contribution < 1.29 is 0 Å². The maximum atomic E-state index is 2.46. The molecule has 2 aliphatic rings. The maximum Gasteiger partial charge on any atom is -0.000764 e. The Hall–Kier alpha value is -8.06. The Labute approximate surface area is 361 Å². The standard InChI is InChI=1S/C62H38/c1-5-16-39(17-6-1)47-35-36-48(40-18-7-2-8-19-40)60-53-37-34-46(49-26-15-29-52(58(49)53)59(47)60)42-30-32-43(33-31-42)54-38-55(41-20-9-3-10-21-41)61-50-27-13-24-44-25-14-28-51(56(44)50)62(61)57(54)45-22-11-4-12-23-45/h1-38H. The van der Waals surface area contributed by atoms with Gasteiger partial charge in [-0.25, -0.2) is 0 Å². The summed E-state index contributed by atoms with van der Waals surface area (Å²) in [5, 5.41) is 5.23. The fourth-order valence-electron chi connectivity index (χ4n) is 10.8. The van der Waals surface area contributed by atoms with Crippen LogP contribution in [-0.2, 0) is 0 Å². The van der Waals surface area contributed by atoms with Crippen molar-refractivity contribution in [2.24, 2.45) is 0 Å². The summed E-state index contributed by atoms with van der Waals surface area (Å²) in [6, 6.07) is 85.3. The Morgan fingerprint density at radius 2 is 0.548 bits per heavy atom. The molecule has 13 rings (SSSR count). The first-order valence-corrected chi connectivity index (χ1v) is 21.6. The molecular formula is C62H38. The van der Waals surface area contributed by atoms with E-state index in [2.05, 4.69) is 231 Å². The van der Waals surface area contributed by atoms with E-state index in [4.69, 9.17) is 0 Å². The van der Waals surface area contributed by atoms with Gasteiger partial charge >= 0.3 is 0 Å². The van der Waals surface area contributed by atoms with Crippen LogP contribution in [0.25, 0.3) is 133 Å². The van der Waals surface area contributed by atoms with Gasteiger partial charge in [0.2, 0.25) is 0 Å². The van der Waals surface area contributed by atoms with E-state index in [-0.39, 0.29) is 0 Å².